The van der Waals surface area contributed by atoms with Crippen LogP contribution in [0.4, 0.5) is 10.5 Å². The summed E-state index contributed by atoms with van der Waals surface area (Å²) >= 11 is 0. The Labute approximate surface area is 149 Å². The number of rotatable bonds is 4. The molecule has 134 valence electrons. The SMILES string of the molecule is Cc1ccc(C)c(CNC(=O)Nc2cn(C)nc2C2CCCCC2)n1. The molecule has 2 aromatic heterocycles. The average Bonchev–Trinajstić information content (AvgIpc) is 2.96. The third-order valence-electron chi connectivity index (χ3n) is 4.85. The van der Waals surface area contributed by atoms with Crippen LogP contribution >= 0.6 is 0 Å². The van der Waals surface area contributed by atoms with E-state index in [0.29, 0.717) is 12.5 Å². The van der Waals surface area contributed by atoms with E-state index >= 15 is 0 Å². The predicted octanol–water partition coefficient (Wildman–Crippen LogP) is 3.80. The molecule has 2 aromatic rings. The van der Waals surface area contributed by atoms with E-state index in [1.807, 2.05) is 39.2 Å². The van der Waals surface area contributed by atoms with E-state index < -0.39 is 0 Å². The van der Waals surface area contributed by atoms with E-state index in [2.05, 4.69) is 20.7 Å². The number of aromatic nitrogens is 3. The number of hydrogen-bond donors (Lipinski definition) is 2. The van der Waals surface area contributed by atoms with Crippen LogP contribution in [0.2, 0.25) is 0 Å². The standard InChI is InChI=1S/C19H27N5O/c1-13-9-10-14(2)21-16(13)11-20-19(25)22-17-12-24(3)23-18(17)15-7-5-4-6-8-15/h9-10,12,15H,4-8,11H2,1-3H3,(H2,20,22,25). The summed E-state index contributed by atoms with van der Waals surface area (Å²) in [5.74, 6) is 0.450. The van der Waals surface area contributed by atoms with Gasteiger partial charge in [0, 0.05) is 24.9 Å². The van der Waals surface area contributed by atoms with Crippen molar-refractivity contribution in [3.05, 3.63) is 41.0 Å². The lowest BCUT2D eigenvalue weighted by Gasteiger charge is -2.21. The molecule has 0 spiro atoms. The number of anilines is 1. The van der Waals surface area contributed by atoms with Gasteiger partial charge in [0.25, 0.3) is 0 Å². The molecule has 2 N–H and O–H groups in total. The first-order valence-electron chi connectivity index (χ1n) is 9.04. The molecule has 2 amide bonds. The number of amides is 2. The predicted molar refractivity (Wildman–Crippen MR) is 98.6 cm³/mol. The average molecular weight is 341 g/mol. The van der Waals surface area contributed by atoms with Crippen molar-refractivity contribution in [1.29, 1.82) is 0 Å². The highest BCUT2D eigenvalue weighted by atomic mass is 16.2. The number of aryl methyl sites for hydroxylation is 3. The lowest BCUT2D eigenvalue weighted by Crippen LogP contribution is -2.29. The Kier molecular flexibility index (Phi) is 5.36. The zero-order valence-corrected chi connectivity index (χ0v) is 15.3. The van der Waals surface area contributed by atoms with Gasteiger partial charge in [0.15, 0.2) is 0 Å². The fourth-order valence-corrected chi connectivity index (χ4v) is 3.47. The van der Waals surface area contributed by atoms with Crippen molar-refractivity contribution >= 4 is 11.7 Å². The third kappa shape index (κ3) is 4.38. The van der Waals surface area contributed by atoms with E-state index in [1.54, 1.807) is 4.68 Å². The van der Waals surface area contributed by atoms with Gasteiger partial charge in [-0.05, 0) is 38.3 Å². The van der Waals surface area contributed by atoms with Crippen molar-refractivity contribution in [2.45, 2.75) is 58.4 Å². The van der Waals surface area contributed by atoms with Gasteiger partial charge < -0.3 is 10.6 Å². The molecule has 2 heterocycles. The largest absolute Gasteiger partial charge is 0.332 e. The molecule has 0 saturated heterocycles. The fraction of sp³-hybridized carbons (Fsp3) is 0.526. The Hall–Kier alpha value is -2.37. The molecule has 3 rings (SSSR count). The maximum atomic E-state index is 12.3. The van der Waals surface area contributed by atoms with Crippen molar-refractivity contribution in [3.63, 3.8) is 0 Å². The van der Waals surface area contributed by atoms with E-state index in [0.717, 1.165) is 41.2 Å². The molecule has 6 nitrogen and oxygen atoms in total. The van der Waals surface area contributed by atoms with Crippen molar-refractivity contribution in [2.24, 2.45) is 7.05 Å². The van der Waals surface area contributed by atoms with Gasteiger partial charge in [-0.2, -0.15) is 5.10 Å². The zero-order chi connectivity index (χ0) is 17.8. The van der Waals surface area contributed by atoms with Crippen LogP contribution in [0.3, 0.4) is 0 Å². The molecular formula is C19H27N5O. The molecule has 1 aliphatic rings. The van der Waals surface area contributed by atoms with Crippen molar-refractivity contribution < 1.29 is 4.79 Å². The van der Waals surface area contributed by atoms with E-state index in [1.165, 1.54) is 19.3 Å². The first-order valence-corrected chi connectivity index (χ1v) is 9.04. The Morgan fingerprint density at radius 3 is 2.76 bits per heavy atom. The molecule has 0 aliphatic heterocycles. The molecular weight excluding hydrogens is 314 g/mol. The summed E-state index contributed by atoms with van der Waals surface area (Å²) in [6.45, 7) is 4.37. The maximum absolute atomic E-state index is 12.3. The van der Waals surface area contributed by atoms with Crippen LogP contribution in [0.15, 0.2) is 18.3 Å². The highest BCUT2D eigenvalue weighted by Gasteiger charge is 2.22. The first-order chi connectivity index (χ1) is 12.0. The number of nitrogens with one attached hydrogen (secondary N) is 2. The first kappa shape index (κ1) is 17.5. The molecule has 25 heavy (non-hydrogen) atoms. The van der Waals surface area contributed by atoms with Crippen LogP contribution in [0, 0.1) is 13.8 Å². The van der Waals surface area contributed by atoms with Gasteiger partial charge in [-0.3, -0.25) is 9.67 Å². The quantitative estimate of drug-likeness (QED) is 0.888. The summed E-state index contributed by atoms with van der Waals surface area (Å²) in [6, 6.07) is 3.79. The van der Waals surface area contributed by atoms with Gasteiger partial charge >= 0.3 is 6.03 Å². The summed E-state index contributed by atoms with van der Waals surface area (Å²) in [5, 5.41) is 10.5. The Morgan fingerprint density at radius 1 is 1.24 bits per heavy atom. The van der Waals surface area contributed by atoms with Gasteiger partial charge in [-0.15, -0.1) is 0 Å². The minimum absolute atomic E-state index is 0.215. The van der Waals surface area contributed by atoms with Crippen LogP contribution in [-0.4, -0.2) is 20.8 Å². The van der Waals surface area contributed by atoms with Crippen molar-refractivity contribution in [2.75, 3.05) is 5.32 Å². The minimum atomic E-state index is -0.215. The third-order valence-corrected chi connectivity index (χ3v) is 4.85. The smallest absolute Gasteiger partial charge is 0.319 e. The zero-order valence-electron chi connectivity index (χ0n) is 15.3. The van der Waals surface area contributed by atoms with Gasteiger partial charge in [0.2, 0.25) is 0 Å². The second kappa shape index (κ2) is 7.68. The molecule has 1 saturated carbocycles. The summed E-state index contributed by atoms with van der Waals surface area (Å²) in [7, 11) is 1.90. The normalized spacial score (nSPS) is 15.2. The highest BCUT2D eigenvalue weighted by Crippen LogP contribution is 2.35. The second-order valence-corrected chi connectivity index (χ2v) is 6.96. The number of nitrogens with zero attached hydrogens (tertiary/aromatic N) is 3. The summed E-state index contributed by atoms with van der Waals surface area (Å²) < 4.78 is 1.78. The van der Waals surface area contributed by atoms with Crippen LogP contribution in [0.1, 0.15) is 60.7 Å². The molecule has 0 radical (unpaired) electrons. The Morgan fingerprint density at radius 2 is 2.00 bits per heavy atom. The summed E-state index contributed by atoms with van der Waals surface area (Å²) in [4.78, 5) is 16.8. The summed E-state index contributed by atoms with van der Waals surface area (Å²) in [5.41, 5.74) is 4.77. The fourth-order valence-electron chi connectivity index (χ4n) is 3.47. The number of hydrogen-bond acceptors (Lipinski definition) is 3. The minimum Gasteiger partial charge on any atom is -0.332 e. The van der Waals surface area contributed by atoms with Crippen LogP contribution < -0.4 is 10.6 Å². The molecule has 6 heteroatoms. The number of carbonyl (C=O) groups excluding carboxylic acids is 1. The van der Waals surface area contributed by atoms with Gasteiger partial charge in [0.1, 0.15) is 0 Å². The van der Waals surface area contributed by atoms with E-state index in [-0.39, 0.29) is 6.03 Å². The summed E-state index contributed by atoms with van der Waals surface area (Å²) in [6.07, 6.45) is 7.98. The molecule has 0 atom stereocenters. The second-order valence-electron chi connectivity index (χ2n) is 6.96. The van der Waals surface area contributed by atoms with Crippen LogP contribution in [0.5, 0.6) is 0 Å². The molecule has 0 unspecified atom stereocenters. The lowest BCUT2D eigenvalue weighted by atomic mass is 9.86. The lowest BCUT2D eigenvalue weighted by molar-refractivity contribution is 0.251. The number of carbonyl (C=O) groups is 1. The number of pyridine rings is 1. The number of urea groups is 1. The van der Waals surface area contributed by atoms with Gasteiger partial charge in [-0.25, -0.2) is 4.79 Å². The van der Waals surface area contributed by atoms with Gasteiger partial charge in [0.05, 0.1) is 23.6 Å². The van der Waals surface area contributed by atoms with E-state index in [4.69, 9.17) is 0 Å². The van der Waals surface area contributed by atoms with Crippen molar-refractivity contribution in [3.8, 4) is 0 Å². The molecule has 1 aliphatic carbocycles. The monoisotopic (exact) mass is 341 g/mol. The molecule has 0 aromatic carbocycles. The molecule has 0 bridgehead atoms. The Balaban J connectivity index is 1.64. The topological polar surface area (TPSA) is 71.8 Å². The van der Waals surface area contributed by atoms with Crippen molar-refractivity contribution in [1.82, 2.24) is 20.1 Å². The van der Waals surface area contributed by atoms with Gasteiger partial charge in [-0.1, -0.05) is 25.3 Å². The van der Waals surface area contributed by atoms with Crippen LogP contribution in [-0.2, 0) is 13.6 Å². The highest BCUT2D eigenvalue weighted by molar-refractivity contribution is 5.89. The molecule has 1 fully saturated rings. The maximum Gasteiger partial charge on any atom is 0.319 e. The van der Waals surface area contributed by atoms with E-state index in [9.17, 15) is 4.79 Å². The Bertz CT molecular complexity index is 746. The van der Waals surface area contributed by atoms with Crippen LogP contribution in [0.25, 0.3) is 0 Å².